The lowest BCUT2D eigenvalue weighted by atomic mass is 9.72. The average Bonchev–Trinajstić information content (AvgIpc) is 2.72. The molecule has 1 aromatic heterocycles. The summed E-state index contributed by atoms with van der Waals surface area (Å²) in [6.07, 6.45) is 3.22. The van der Waals surface area contributed by atoms with E-state index >= 15 is 0 Å². The third kappa shape index (κ3) is 2.91. The van der Waals surface area contributed by atoms with Gasteiger partial charge in [0.2, 0.25) is 5.89 Å². The first-order chi connectivity index (χ1) is 8.39. The van der Waals surface area contributed by atoms with Crippen molar-refractivity contribution < 1.29 is 9.63 Å². The van der Waals surface area contributed by atoms with Gasteiger partial charge < -0.3 is 9.63 Å². The first-order valence-electron chi connectivity index (χ1n) is 6.94. The lowest BCUT2D eigenvalue weighted by Gasteiger charge is -2.38. The molecule has 0 spiro atoms. The van der Waals surface area contributed by atoms with E-state index in [0.29, 0.717) is 24.1 Å². The Kier molecular flexibility index (Phi) is 3.76. The maximum absolute atomic E-state index is 10.6. The summed E-state index contributed by atoms with van der Waals surface area (Å²) < 4.78 is 5.23. The Morgan fingerprint density at radius 3 is 2.67 bits per heavy atom. The Hall–Kier alpha value is -0.900. The largest absolute Gasteiger partial charge is 0.389 e. The molecule has 0 aliphatic heterocycles. The van der Waals surface area contributed by atoms with Gasteiger partial charge >= 0.3 is 0 Å². The van der Waals surface area contributed by atoms with Crippen molar-refractivity contribution in [3.63, 3.8) is 0 Å². The molecule has 1 fully saturated rings. The van der Waals surface area contributed by atoms with Gasteiger partial charge in [0.1, 0.15) is 0 Å². The molecule has 1 saturated carbocycles. The van der Waals surface area contributed by atoms with Crippen molar-refractivity contribution >= 4 is 0 Å². The summed E-state index contributed by atoms with van der Waals surface area (Å²) in [5.41, 5.74) is -0.660. The van der Waals surface area contributed by atoms with E-state index in [2.05, 4.69) is 24.0 Å². The van der Waals surface area contributed by atoms with Crippen molar-refractivity contribution in [1.82, 2.24) is 10.1 Å². The summed E-state index contributed by atoms with van der Waals surface area (Å²) in [6, 6.07) is 0. The van der Waals surface area contributed by atoms with Gasteiger partial charge in [-0.2, -0.15) is 4.98 Å². The molecule has 18 heavy (non-hydrogen) atoms. The van der Waals surface area contributed by atoms with Gasteiger partial charge in [0.25, 0.3) is 0 Å². The van der Waals surface area contributed by atoms with Gasteiger partial charge in [0.15, 0.2) is 5.82 Å². The van der Waals surface area contributed by atoms with Crippen LogP contribution in [0.25, 0.3) is 0 Å². The molecule has 3 atom stereocenters. The minimum atomic E-state index is -0.660. The Morgan fingerprint density at radius 2 is 2.11 bits per heavy atom. The second kappa shape index (κ2) is 5.00. The van der Waals surface area contributed by atoms with E-state index in [0.717, 1.165) is 25.1 Å². The predicted octanol–water partition coefficient (Wildman–Crippen LogP) is 2.92. The van der Waals surface area contributed by atoms with Crippen molar-refractivity contribution in [2.75, 3.05) is 0 Å². The molecule has 4 nitrogen and oxygen atoms in total. The summed E-state index contributed by atoms with van der Waals surface area (Å²) in [5.74, 6) is 2.81. The smallest absolute Gasteiger partial charge is 0.229 e. The van der Waals surface area contributed by atoms with Crippen LogP contribution < -0.4 is 0 Å². The van der Waals surface area contributed by atoms with Crippen molar-refractivity contribution in [2.45, 2.75) is 64.9 Å². The first kappa shape index (κ1) is 13.5. The third-order valence-corrected chi connectivity index (χ3v) is 4.22. The molecule has 0 radical (unpaired) electrons. The van der Waals surface area contributed by atoms with Gasteiger partial charge in [-0.3, -0.25) is 0 Å². The van der Waals surface area contributed by atoms with Crippen LogP contribution in [0, 0.1) is 11.8 Å². The minimum Gasteiger partial charge on any atom is -0.389 e. The molecule has 2 rings (SSSR count). The van der Waals surface area contributed by atoms with Crippen molar-refractivity contribution in [1.29, 1.82) is 0 Å². The van der Waals surface area contributed by atoms with Crippen LogP contribution in [0.5, 0.6) is 0 Å². The van der Waals surface area contributed by atoms with Gasteiger partial charge in [0, 0.05) is 5.92 Å². The molecule has 1 aliphatic rings. The highest BCUT2D eigenvalue weighted by Gasteiger charge is 2.37. The zero-order valence-corrected chi connectivity index (χ0v) is 11.8. The standard InChI is InChI=1S/C14H24N2O2/c1-9(2)13-15-12(18-16-13)8-14(17)6-5-10(3)11(4)7-14/h9-11,17H,5-8H2,1-4H3/t10-,11-,14-/m0/s1. The summed E-state index contributed by atoms with van der Waals surface area (Å²) >= 11 is 0. The molecular formula is C14H24N2O2. The van der Waals surface area contributed by atoms with Crippen LogP contribution in [-0.4, -0.2) is 20.8 Å². The van der Waals surface area contributed by atoms with Gasteiger partial charge in [0.05, 0.1) is 12.0 Å². The second-order valence-corrected chi connectivity index (χ2v) is 6.30. The molecule has 0 bridgehead atoms. The molecular weight excluding hydrogens is 228 g/mol. The van der Waals surface area contributed by atoms with Gasteiger partial charge in [-0.1, -0.05) is 32.9 Å². The lowest BCUT2D eigenvalue weighted by Crippen LogP contribution is -2.39. The Labute approximate surface area is 109 Å². The molecule has 1 aliphatic carbocycles. The van der Waals surface area contributed by atoms with E-state index in [1.54, 1.807) is 0 Å². The van der Waals surface area contributed by atoms with E-state index in [-0.39, 0.29) is 5.92 Å². The van der Waals surface area contributed by atoms with Crippen molar-refractivity contribution in [2.24, 2.45) is 11.8 Å². The molecule has 1 N–H and O–H groups in total. The van der Waals surface area contributed by atoms with Crippen molar-refractivity contribution in [3.8, 4) is 0 Å². The number of aliphatic hydroxyl groups is 1. The number of hydrogen-bond acceptors (Lipinski definition) is 4. The van der Waals surface area contributed by atoms with Crippen LogP contribution in [0.2, 0.25) is 0 Å². The van der Waals surface area contributed by atoms with Crippen LogP contribution >= 0.6 is 0 Å². The Balaban J connectivity index is 2.03. The first-order valence-corrected chi connectivity index (χ1v) is 6.94. The van der Waals surface area contributed by atoms with E-state index in [1.807, 2.05) is 13.8 Å². The fourth-order valence-electron chi connectivity index (χ4n) is 2.70. The highest BCUT2D eigenvalue weighted by Crippen LogP contribution is 2.37. The highest BCUT2D eigenvalue weighted by atomic mass is 16.5. The van der Waals surface area contributed by atoms with E-state index in [4.69, 9.17) is 4.52 Å². The van der Waals surface area contributed by atoms with Crippen LogP contribution in [-0.2, 0) is 6.42 Å². The number of hydrogen-bond donors (Lipinski definition) is 1. The van der Waals surface area contributed by atoms with Crippen LogP contribution in [0.1, 0.15) is 64.6 Å². The van der Waals surface area contributed by atoms with Crippen LogP contribution in [0.15, 0.2) is 4.52 Å². The SMILES string of the molecule is CC(C)c1noc(C[C@]2(O)CC[C@H](C)[C@@H](C)C2)n1. The highest BCUT2D eigenvalue weighted by molar-refractivity contribution is 4.98. The maximum atomic E-state index is 10.6. The molecule has 0 amide bonds. The summed E-state index contributed by atoms with van der Waals surface area (Å²) in [7, 11) is 0. The van der Waals surface area contributed by atoms with Gasteiger partial charge in [-0.05, 0) is 31.1 Å². The summed E-state index contributed by atoms with van der Waals surface area (Å²) in [6.45, 7) is 8.54. The van der Waals surface area contributed by atoms with Crippen LogP contribution in [0.3, 0.4) is 0 Å². The molecule has 0 unspecified atom stereocenters. The van der Waals surface area contributed by atoms with E-state index < -0.39 is 5.60 Å². The monoisotopic (exact) mass is 252 g/mol. The predicted molar refractivity (Wildman–Crippen MR) is 69.2 cm³/mol. The molecule has 0 aromatic carbocycles. The molecule has 102 valence electrons. The zero-order valence-electron chi connectivity index (χ0n) is 11.8. The fourth-order valence-corrected chi connectivity index (χ4v) is 2.70. The summed E-state index contributed by atoms with van der Waals surface area (Å²) in [4.78, 5) is 4.36. The fraction of sp³-hybridized carbons (Fsp3) is 0.857. The van der Waals surface area contributed by atoms with E-state index in [1.165, 1.54) is 0 Å². The third-order valence-electron chi connectivity index (χ3n) is 4.22. The topological polar surface area (TPSA) is 59.2 Å². The maximum Gasteiger partial charge on any atom is 0.229 e. The molecule has 0 saturated heterocycles. The van der Waals surface area contributed by atoms with Crippen LogP contribution in [0.4, 0.5) is 0 Å². The number of aromatic nitrogens is 2. The van der Waals surface area contributed by atoms with Gasteiger partial charge in [-0.25, -0.2) is 0 Å². The summed E-state index contributed by atoms with van der Waals surface area (Å²) in [5, 5.41) is 14.6. The Bertz CT molecular complexity index is 402. The van der Waals surface area contributed by atoms with Gasteiger partial charge in [-0.15, -0.1) is 0 Å². The number of nitrogens with zero attached hydrogens (tertiary/aromatic N) is 2. The zero-order chi connectivity index (χ0) is 13.3. The Morgan fingerprint density at radius 1 is 1.39 bits per heavy atom. The number of rotatable bonds is 3. The van der Waals surface area contributed by atoms with Crippen molar-refractivity contribution in [3.05, 3.63) is 11.7 Å². The minimum absolute atomic E-state index is 0.266. The second-order valence-electron chi connectivity index (χ2n) is 6.30. The molecule has 1 aromatic rings. The normalized spacial score (nSPS) is 33.0. The molecule has 1 heterocycles. The average molecular weight is 252 g/mol. The molecule has 4 heteroatoms. The lowest BCUT2D eigenvalue weighted by molar-refractivity contribution is -0.0329. The van der Waals surface area contributed by atoms with E-state index in [9.17, 15) is 5.11 Å². The quantitative estimate of drug-likeness (QED) is 0.898.